The molecule has 0 saturated heterocycles. The third-order valence-corrected chi connectivity index (χ3v) is 4.83. The maximum atomic E-state index is 3.63. The largest absolute Gasteiger partial charge is 0.306 e. The Hall–Kier alpha value is -1.12. The molecule has 0 bridgehead atoms. The van der Waals surface area contributed by atoms with E-state index in [1.807, 2.05) is 11.3 Å². The van der Waals surface area contributed by atoms with Crippen molar-refractivity contribution in [1.29, 1.82) is 0 Å². The van der Waals surface area contributed by atoms with E-state index in [4.69, 9.17) is 0 Å². The van der Waals surface area contributed by atoms with Gasteiger partial charge >= 0.3 is 0 Å². The van der Waals surface area contributed by atoms with Crippen molar-refractivity contribution in [2.24, 2.45) is 0 Å². The molecule has 2 rings (SSSR count). The normalized spacial score (nSPS) is 12.7. The standard InChI is InChI=1S/C17H23NS/c1-6-18-16(17-13(4)9-14(5)19-17)15-8-7-11(2)12(3)10-15/h7-10,16,18H,6H2,1-5H3. The molecule has 0 spiro atoms. The Morgan fingerprint density at radius 1 is 1.00 bits per heavy atom. The minimum absolute atomic E-state index is 0.322. The summed E-state index contributed by atoms with van der Waals surface area (Å²) in [6.45, 7) is 11.9. The number of benzene rings is 1. The van der Waals surface area contributed by atoms with Crippen molar-refractivity contribution in [2.75, 3.05) is 6.54 Å². The van der Waals surface area contributed by atoms with E-state index in [2.05, 4.69) is 64.2 Å². The number of hydrogen-bond donors (Lipinski definition) is 1. The van der Waals surface area contributed by atoms with Gasteiger partial charge in [0.2, 0.25) is 0 Å². The highest BCUT2D eigenvalue weighted by Gasteiger charge is 2.17. The average Bonchev–Trinajstić information content (AvgIpc) is 2.69. The van der Waals surface area contributed by atoms with E-state index in [-0.39, 0.29) is 0 Å². The summed E-state index contributed by atoms with van der Waals surface area (Å²) in [6.07, 6.45) is 0. The molecule has 0 aliphatic heterocycles. The highest BCUT2D eigenvalue weighted by molar-refractivity contribution is 7.12. The lowest BCUT2D eigenvalue weighted by molar-refractivity contribution is 0.636. The number of hydrogen-bond acceptors (Lipinski definition) is 2. The lowest BCUT2D eigenvalue weighted by Crippen LogP contribution is -2.21. The second-order valence-corrected chi connectivity index (χ2v) is 6.53. The van der Waals surface area contributed by atoms with Gasteiger partial charge in [-0.05, 0) is 62.6 Å². The number of nitrogens with one attached hydrogen (secondary N) is 1. The van der Waals surface area contributed by atoms with Crippen LogP contribution in [-0.2, 0) is 0 Å². The highest BCUT2D eigenvalue weighted by atomic mass is 32.1. The molecule has 0 radical (unpaired) electrons. The first-order valence-corrected chi connectivity index (χ1v) is 7.72. The fourth-order valence-electron chi connectivity index (χ4n) is 2.46. The Morgan fingerprint density at radius 2 is 1.74 bits per heavy atom. The minimum atomic E-state index is 0.322. The first-order valence-electron chi connectivity index (χ1n) is 6.90. The molecule has 1 atom stereocenters. The predicted octanol–water partition coefficient (Wildman–Crippen LogP) is 4.68. The molecular weight excluding hydrogens is 250 g/mol. The molecule has 0 amide bonds. The quantitative estimate of drug-likeness (QED) is 0.853. The van der Waals surface area contributed by atoms with Gasteiger partial charge in [0.15, 0.2) is 0 Å². The predicted molar refractivity (Wildman–Crippen MR) is 85.2 cm³/mol. The molecule has 2 heteroatoms. The van der Waals surface area contributed by atoms with Crippen LogP contribution in [0.3, 0.4) is 0 Å². The third kappa shape index (κ3) is 3.07. The summed E-state index contributed by atoms with van der Waals surface area (Å²) in [5, 5.41) is 3.63. The Kier molecular flexibility index (Phi) is 4.43. The summed E-state index contributed by atoms with van der Waals surface area (Å²) in [4.78, 5) is 2.84. The average molecular weight is 273 g/mol. The Labute approximate surface area is 120 Å². The van der Waals surface area contributed by atoms with E-state index in [0.29, 0.717) is 6.04 Å². The van der Waals surface area contributed by atoms with Crippen molar-refractivity contribution in [3.63, 3.8) is 0 Å². The Bertz CT molecular complexity index is 569. The molecule has 0 saturated carbocycles. The molecule has 0 aliphatic carbocycles. The molecule has 0 fully saturated rings. The zero-order chi connectivity index (χ0) is 14.0. The zero-order valence-corrected chi connectivity index (χ0v) is 13.3. The van der Waals surface area contributed by atoms with Crippen LogP contribution in [0.25, 0.3) is 0 Å². The molecule has 102 valence electrons. The molecule has 19 heavy (non-hydrogen) atoms. The van der Waals surface area contributed by atoms with Gasteiger partial charge in [0.05, 0.1) is 6.04 Å². The summed E-state index contributed by atoms with van der Waals surface area (Å²) >= 11 is 1.90. The van der Waals surface area contributed by atoms with Gasteiger partial charge in [-0.2, -0.15) is 0 Å². The topological polar surface area (TPSA) is 12.0 Å². The molecule has 1 heterocycles. The first kappa shape index (κ1) is 14.3. The van der Waals surface area contributed by atoms with Crippen molar-refractivity contribution in [3.8, 4) is 0 Å². The van der Waals surface area contributed by atoms with Gasteiger partial charge in [0, 0.05) is 9.75 Å². The SMILES string of the molecule is CCNC(c1ccc(C)c(C)c1)c1sc(C)cc1C. The molecular formula is C17H23NS. The van der Waals surface area contributed by atoms with Crippen LogP contribution >= 0.6 is 11.3 Å². The van der Waals surface area contributed by atoms with E-state index in [0.717, 1.165) is 6.54 Å². The maximum absolute atomic E-state index is 3.63. The number of aryl methyl sites for hydroxylation is 4. The molecule has 1 aromatic carbocycles. The molecule has 1 aromatic heterocycles. The van der Waals surface area contributed by atoms with Crippen LogP contribution in [0, 0.1) is 27.7 Å². The Balaban J connectivity index is 2.44. The van der Waals surface area contributed by atoms with E-state index in [1.54, 1.807) is 0 Å². The fourth-order valence-corrected chi connectivity index (χ4v) is 3.60. The summed E-state index contributed by atoms with van der Waals surface area (Å²) in [6, 6.07) is 9.40. The van der Waals surface area contributed by atoms with Gasteiger partial charge in [-0.15, -0.1) is 11.3 Å². The second-order valence-electron chi connectivity index (χ2n) is 5.24. The molecule has 1 N–H and O–H groups in total. The maximum Gasteiger partial charge on any atom is 0.0673 e. The van der Waals surface area contributed by atoms with Crippen molar-refractivity contribution >= 4 is 11.3 Å². The van der Waals surface area contributed by atoms with Crippen molar-refractivity contribution < 1.29 is 0 Å². The number of thiophene rings is 1. The van der Waals surface area contributed by atoms with Crippen LogP contribution in [0.15, 0.2) is 24.3 Å². The van der Waals surface area contributed by atoms with E-state index in [9.17, 15) is 0 Å². The Morgan fingerprint density at radius 3 is 2.26 bits per heavy atom. The smallest absolute Gasteiger partial charge is 0.0673 e. The number of rotatable bonds is 4. The van der Waals surface area contributed by atoms with Crippen LogP contribution < -0.4 is 5.32 Å². The van der Waals surface area contributed by atoms with Crippen LogP contribution in [0.5, 0.6) is 0 Å². The van der Waals surface area contributed by atoms with E-state index >= 15 is 0 Å². The van der Waals surface area contributed by atoms with Crippen molar-refractivity contribution in [1.82, 2.24) is 5.32 Å². The molecule has 0 aliphatic rings. The van der Waals surface area contributed by atoms with Gasteiger partial charge in [0.25, 0.3) is 0 Å². The van der Waals surface area contributed by atoms with Crippen molar-refractivity contribution in [3.05, 3.63) is 56.3 Å². The molecule has 1 nitrogen and oxygen atoms in total. The van der Waals surface area contributed by atoms with E-state index in [1.165, 1.54) is 32.0 Å². The fraction of sp³-hybridized carbons (Fsp3) is 0.412. The van der Waals surface area contributed by atoms with Crippen molar-refractivity contribution in [2.45, 2.75) is 40.7 Å². The summed E-state index contributed by atoms with van der Waals surface area (Å²) in [5.41, 5.74) is 5.49. The lowest BCUT2D eigenvalue weighted by atomic mass is 9.98. The summed E-state index contributed by atoms with van der Waals surface area (Å²) in [5.74, 6) is 0. The highest BCUT2D eigenvalue weighted by Crippen LogP contribution is 2.32. The third-order valence-electron chi connectivity index (χ3n) is 3.61. The van der Waals surface area contributed by atoms with Gasteiger partial charge in [0.1, 0.15) is 0 Å². The monoisotopic (exact) mass is 273 g/mol. The van der Waals surface area contributed by atoms with E-state index < -0.39 is 0 Å². The molecule has 2 aromatic rings. The van der Waals surface area contributed by atoms with Crippen LogP contribution in [-0.4, -0.2) is 6.54 Å². The van der Waals surface area contributed by atoms with Gasteiger partial charge in [-0.3, -0.25) is 0 Å². The van der Waals surface area contributed by atoms with Gasteiger partial charge in [-0.1, -0.05) is 25.1 Å². The van der Waals surface area contributed by atoms with Gasteiger partial charge < -0.3 is 5.32 Å². The lowest BCUT2D eigenvalue weighted by Gasteiger charge is -2.19. The summed E-state index contributed by atoms with van der Waals surface area (Å²) in [7, 11) is 0. The second kappa shape index (κ2) is 5.89. The van der Waals surface area contributed by atoms with Crippen LogP contribution in [0.2, 0.25) is 0 Å². The zero-order valence-electron chi connectivity index (χ0n) is 12.5. The van der Waals surface area contributed by atoms with Crippen LogP contribution in [0.1, 0.15) is 45.0 Å². The summed E-state index contributed by atoms with van der Waals surface area (Å²) < 4.78 is 0. The first-order chi connectivity index (χ1) is 9.02. The van der Waals surface area contributed by atoms with Crippen LogP contribution in [0.4, 0.5) is 0 Å². The molecule has 1 unspecified atom stereocenters. The minimum Gasteiger partial charge on any atom is -0.306 e. The van der Waals surface area contributed by atoms with Gasteiger partial charge in [-0.25, -0.2) is 0 Å².